The predicted octanol–water partition coefficient (Wildman–Crippen LogP) is 3.27. The fourth-order valence-corrected chi connectivity index (χ4v) is 2.13. The van der Waals surface area contributed by atoms with Crippen molar-refractivity contribution < 1.29 is 14.3 Å². The summed E-state index contributed by atoms with van der Waals surface area (Å²) in [6.07, 6.45) is 8.61. The highest BCUT2D eigenvalue weighted by Gasteiger charge is 2.27. The molecule has 0 bridgehead atoms. The summed E-state index contributed by atoms with van der Waals surface area (Å²) in [5.74, 6) is 0. The second kappa shape index (κ2) is 6.57. The molecule has 0 N–H and O–H groups in total. The molecule has 0 aliphatic heterocycles. The molecule has 0 atom stereocenters. The van der Waals surface area contributed by atoms with E-state index in [-0.39, 0.29) is 12.1 Å². The molecule has 1 aliphatic carbocycles. The summed E-state index contributed by atoms with van der Waals surface area (Å²) in [4.78, 5) is 24.1. The van der Waals surface area contributed by atoms with Crippen molar-refractivity contribution in [3.63, 3.8) is 0 Å². The van der Waals surface area contributed by atoms with Crippen LogP contribution in [0.1, 0.15) is 52.9 Å². The highest BCUT2D eigenvalue weighted by Crippen LogP contribution is 2.24. The monoisotopic (exact) mass is 253 g/mol. The van der Waals surface area contributed by atoms with Gasteiger partial charge in [0.25, 0.3) is 0 Å². The van der Waals surface area contributed by atoms with Gasteiger partial charge in [-0.25, -0.2) is 4.79 Å². The molecule has 1 saturated carbocycles. The Morgan fingerprint density at radius 1 is 1.22 bits per heavy atom. The molecule has 0 heterocycles. The lowest BCUT2D eigenvalue weighted by molar-refractivity contribution is -0.104. The molecule has 0 unspecified atom stereocenters. The van der Waals surface area contributed by atoms with Crippen LogP contribution < -0.4 is 0 Å². The van der Waals surface area contributed by atoms with Crippen LogP contribution in [0.15, 0.2) is 12.3 Å². The van der Waals surface area contributed by atoms with E-state index in [2.05, 4.69) is 0 Å². The van der Waals surface area contributed by atoms with Gasteiger partial charge in [0.15, 0.2) is 0 Å². The maximum atomic E-state index is 12.1. The van der Waals surface area contributed by atoms with Crippen molar-refractivity contribution in [3.05, 3.63) is 12.3 Å². The lowest BCUT2D eigenvalue weighted by Crippen LogP contribution is -2.41. The maximum absolute atomic E-state index is 12.1. The molecular formula is C14H23NO3. The minimum atomic E-state index is -0.515. The zero-order valence-corrected chi connectivity index (χ0v) is 11.5. The third-order valence-corrected chi connectivity index (χ3v) is 2.90. The van der Waals surface area contributed by atoms with Crippen molar-refractivity contribution in [2.24, 2.45) is 0 Å². The van der Waals surface area contributed by atoms with Crippen molar-refractivity contribution in [2.45, 2.75) is 64.5 Å². The summed E-state index contributed by atoms with van der Waals surface area (Å²) >= 11 is 0. The lowest BCUT2D eigenvalue weighted by atomic mass is 9.94. The Balaban J connectivity index is 2.73. The molecule has 0 aromatic carbocycles. The highest BCUT2D eigenvalue weighted by atomic mass is 16.6. The van der Waals surface area contributed by atoms with Gasteiger partial charge in [0.2, 0.25) is 0 Å². The van der Waals surface area contributed by atoms with Gasteiger partial charge in [0, 0.05) is 12.2 Å². The number of amides is 1. The first kappa shape index (κ1) is 14.7. The number of nitrogens with zero attached hydrogens (tertiary/aromatic N) is 1. The molecule has 4 nitrogen and oxygen atoms in total. The van der Waals surface area contributed by atoms with E-state index in [1.165, 1.54) is 18.7 Å². The predicted molar refractivity (Wildman–Crippen MR) is 70.2 cm³/mol. The fourth-order valence-electron chi connectivity index (χ4n) is 2.13. The lowest BCUT2D eigenvalue weighted by Gasteiger charge is -2.33. The molecule has 102 valence electrons. The summed E-state index contributed by atoms with van der Waals surface area (Å²) in [5, 5.41) is 0. The van der Waals surface area contributed by atoms with E-state index in [9.17, 15) is 9.59 Å². The van der Waals surface area contributed by atoms with E-state index < -0.39 is 5.60 Å². The van der Waals surface area contributed by atoms with E-state index >= 15 is 0 Å². The average molecular weight is 253 g/mol. The SMILES string of the molecule is CC(C)(C)OC(=O)N(/C=C/C=O)C1CCCCC1. The average Bonchev–Trinajstić information content (AvgIpc) is 2.28. The Hall–Kier alpha value is -1.32. The van der Waals surface area contributed by atoms with Crippen LogP contribution in [0.3, 0.4) is 0 Å². The van der Waals surface area contributed by atoms with Crippen LogP contribution in [-0.4, -0.2) is 28.9 Å². The number of carbonyl (C=O) groups is 2. The molecule has 1 aliphatic rings. The first-order valence-electron chi connectivity index (χ1n) is 6.57. The molecule has 4 heteroatoms. The van der Waals surface area contributed by atoms with Crippen LogP contribution in [0.4, 0.5) is 4.79 Å². The van der Waals surface area contributed by atoms with Crippen molar-refractivity contribution in [3.8, 4) is 0 Å². The van der Waals surface area contributed by atoms with Crippen molar-refractivity contribution in [1.82, 2.24) is 4.90 Å². The summed E-state index contributed by atoms with van der Waals surface area (Å²) in [5.41, 5.74) is -0.515. The largest absolute Gasteiger partial charge is 0.443 e. The van der Waals surface area contributed by atoms with E-state index in [1.54, 1.807) is 4.90 Å². The number of hydrogen-bond donors (Lipinski definition) is 0. The molecule has 1 rings (SSSR count). The quantitative estimate of drug-likeness (QED) is 0.573. The standard InChI is InChI=1S/C14H23NO3/c1-14(2,3)18-13(17)15(10-7-11-16)12-8-5-4-6-9-12/h7,10-12H,4-6,8-9H2,1-3H3/b10-7+. The smallest absolute Gasteiger partial charge is 0.414 e. The Morgan fingerprint density at radius 3 is 2.33 bits per heavy atom. The third-order valence-electron chi connectivity index (χ3n) is 2.90. The zero-order chi connectivity index (χ0) is 13.6. The maximum Gasteiger partial charge on any atom is 0.414 e. The molecule has 1 amide bonds. The van der Waals surface area contributed by atoms with E-state index in [1.807, 2.05) is 20.8 Å². The van der Waals surface area contributed by atoms with Gasteiger partial charge in [-0.2, -0.15) is 0 Å². The fraction of sp³-hybridized carbons (Fsp3) is 0.714. The van der Waals surface area contributed by atoms with E-state index in [0.717, 1.165) is 25.7 Å². The molecule has 0 spiro atoms. The number of rotatable bonds is 3. The first-order valence-corrected chi connectivity index (χ1v) is 6.57. The van der Waals surface area contributed by atoms with Crippen LogP contribution in [0.5, 0.6) is 0 Å². The van der Waals surface area contributed by atoms with Gasteiger partial charge in [0.1, 0.15) is 11.9 Å². The minimum absolute atomic E-state index is 0.157. The summed E-state index contributed by atoms with van der Waals surface area (Å²) in [6, 6.07) is 0.157. The Morgan fingerprint density at radius 2 is 1.83 bits per heavy atom. The molecule has 18 heavy (non-hydrogen) atoms. The van der Waals surface area contributed by atoms with Gasteiger partial charge < -0.3 is 4.74 Å². The molecule has 0 saturated heterocycles. The van der Waals surface area contributed by atoms with Crippen LogP contribution >= 0.6 is 0 Å². The van der Waals surface area contributed by atoms with Gasteiger partial charge in [-0.15, -0.1) is 0 Å². The van der Waals surface area contributed by atoms with Gasteiger partial charge >= 0.3 is 6.09 Å². The van der Waals surface area contributed by atoms with Crippen LogP contribution in [0.2, 0.25) is 0 Å². The molecular weight excluding hydrogens is 230 g/mol. The summed E-state index contributed by atoms with van der Waals surface area (Å²) in [6.45, 7) is 5.52. The third kappa shape index (κ3) is 4.90. The first-order chi connectivity index (χ1) is 8.44. The van der Waals surface area contributed by atoms with Gasteiger partial charge in [-0.3, -0.25) is 9.69 Å². The topological polar surface area (TPSA) is 46.6 Å². The van der Waals surface area contributed by atoms with Crippen molar-refractivity contribution in [2.75, 3.05) is 0 Å². The van der Waals surface area contributed by atoms with E-state index in [0.29, 0.717) is 6.29 Å². The molecule has 0 radical (unpaired) electrons. The van der Waals surface area contributed by atoms with Gasteiger partial charge in [0.05, 0.1) is 0 Å². The second-order valence-electron chi connectivity index (χ2n) is 5.66. The van der Waals surface area contributed by atoms with Crippen LogP contribution in [0.25, 0.3) is 0 Å². The Bertz CT molecular complexity index is 311. The van der Waals surface area contributed by atoms with Crippen molar-refractivity contribution in [1.29, 1.82) is 0 Å². The number of carbonyl (C=O) groups excluding carboxylic acids is 2. The number of ether oxygens (including phenoxy) is 1. The number of hydrogen-bond acceptors (Lipinski definition) is 3. The molecule has 0 aromatic rings. The van der Waals surface area contributed by atoms with Crippen molar-refractivity contribution >= 4 is 12.4 Å². The number of allylic oxidation sites excluding steroid dienone is 1. The van der Waals surface area contributed by atoms with Gasteiger partial charge in [-0.05, 0) is 39.7 Å². The summed E-state index contributed by atoms with van der Waals surface area (Å²) < 4.78 is 5.37. The van der Waals surface area contributed by atoms with Crippen LogP contribution in [0, 0.1) is 0 Å². The minimum Gasteiger partial charge on any atom is -0.443 e. The Labute approximate surface area is 109 Å². The van der Waals surface area contributed by atoms with E-state index in [4.69, 9.17) is 4.74 Å². The second-order valence-corrected chi connectivity index (χ2v) is 5.66. The zero-order valence-electron chi connectivity index (χ0n) is 11.5. The Kier molecular flexibility index (Phi) is 5.38. The molecule has 0 aromatic heterocycles. The summed E-state index contributed by atoms with van der Waals surface area (Å²) in [7, 11) is 0. The highest BCUT2D eigenvalue weighted by molar-refractivity contribution is 5.72. The molecule has 1 fully saturated rings. The number of aldehydes is 1. The van der Waals surface area contributed by atoms with Gasteiger partial charge in [-0.1, -0.05) is 19.3 Å². The normalized spacial score (nSPS) is 17.7. The van der Waals surface area contributed by atoms with Crippen LogP contribution in [-0.2, 0) is 9.53 Å².